The molecule has 0 aliphatic rings. The average Bonchev–Trinajstić information content (AvgIpc) is 2.37. The van der Waals surface area contributed by atoms with Crippen LogP contribution in [-0.4, -0.2) is 51.9 Å². The molecule has 0 amide bonds. The van der Waals surface area contributed by atoms with E-state index in [0.29, 0.717) is 13.0 Å². The summed E-state index contributed by atoms with van der Waals surface area (Å²) in [5.74, 6) is 0. The molecule has 2 N–H and O–H groups in total. The largest absolute Gasteiger partial charge is 0.396 e. The van der Waals surface area contributed by atoms with E-state index >= 15 is 0 Å². The molecule has 0 heterocycles. The predicted octanol–water partition coefficient (Wildman–Crippen LogP) is 0.601. The van der Waals surface area contributed by atoms with Gasteiger partial charge in [-0.05, 0) is 24.1 Å². The van der Waals surface area contributed by atoms with Gasteiger partial charge in [0.2, 0.25) is 0 Å². The molecule has 1 atom stereocenters. The van der Waals surface area contributed by atoms with E-state index in [9.17, 15) is 4.21 Å². The van der Waals surface area contributed by atoms with Gasteiger partial charge in [0.05, 0.1) is 6.61 Å². The number of aliphatic hydroxyl groups is 2. The Labute approximate surface area is 111 Å². The lowest BCUT2D eigenvalue weighted by molar-refractivity contribution is 0.174. The van der Waals surface area contributed by atoms with Crippen molar-refractivity contribution in [3.05, 3.63) is 29.8 Å². The number of benzene rings is 1. The Morgan fingerprint density at radius 2 is 1.78 bits per heavy atom. The van der Waals surface area contributed by atoms with Gasteiger partial charge in [-0.3, -0.25) is 9.11 Å². The normalized spacial score (nSPS) is 12.9. The molecule has 0 aromatic heterocycles. The molecule has 5 heteroatoms. The maximum atomic E-state index is 11.3. The van der Waals surface area contributed by atoms with Crippen LogP contribution in [0.3, 0.4) is 0 Å². The molecular formula is C13H21NO3S. The number of hydrogen-bond donors (Lipinski definition) is 2. The first kappa shape index (κ1) is 15.3. The van der Waals surface area contributed by atoms with E-state index in [1.54, 1.807) is 6.26 Å². The van der Waals surface area contributed by atoms with Crippen molar-refractivity contribution in [3.8, 4) is 0 Å². The lowest BCUT2D eigenvalue weighted by Crippen LogP contribution is -2.28. The highest BCUT2D eigenvalue weighted by Crippen LogP contribution is 2.10. The zero-order chi connectivity index (χ0) is 13.4. The fraction of sp³-hybridized carbons (Fsp3) is 0.538. The average molecular weight is 271 g/mol. The standard InChI is InChI=1S/C13H21NO3S/c1-18(17)13-5-3-12(4-6-13)11-14(8-10-16)7-2-9-15/h3-6,15-16H,2,7-11H2,1H3. The summed E-state index contributed by atoms with van der Waals surface area (Å²) >= 11 is 0. The molecule has 1 aromatic rings. The summed E-state index contributed by atoms with van der Waals surface area (Å²) < 4.78 is 11.3. The number of nitrogens with zero attached hydrogens (tertiary/aromatic N) is 1. The fourth-order valence-electron chi connectivity index (χ4n) is 1.75. The van der Waals surface area contributed by atoms with Crippen LogP contribution in [0.2, 0.25) is 0 Å². The van der Waals surface area contributed by atoms with E-state index in [1.165, 1.54) is 0 Å². The van der Waals surface area contributed by atoms with Crippen LogP contribution in [0.25, 0.3) is 0 Å². The highest BCUT2D eigenvalue weighted by Gasteiger charge is 2.05. The number of hydrogen-bond acceptors (Lipinski definition) is 4. The van der Waals surface area contributed by atoms with E-state index in [0.717, 1.165) is 23.5 Å². The van der Waals surface area contributed by atoms with Crippen molar-refractivity contribution in [3.63, 3.8) is 0 Å². The molecule has 1 unspecified atom stereocenters. The maximum absolute atomic E-state index is 11.3. The van der Waals surface area contributed by atoms with E-state index in [2.05, 4.69) is 4.90 Å². The molecular weight excluding hydrogens is 250 g/mol. The van der Waals surface area contributed by atoms with E-state index in [1.807, 2.05) is 24.3 Å². The Hall–Kier alpha value is -0.750. The lowest BCUT2D eigenvalue weighted by atomic mass is 10.2. The number of aliphatic hydroxyl groups excluding tert-OH is 2. The van der Waals surface area contributed by atoms with Gasteiger partial charge >= 0.3 is 0 Å². The lowest BCUT2D eigenvalue weighted by Gasteiger charge is -2.20. The molecule has 102 valence electrons. The minimum absolute atomic E-state index is 0.114. The molecule has 0 saturated heterocycles. The second-order valence-corrected chi connectivity index (χ2v) is 5.55. The Bertz CT molecular complexity index is 367. The summed E-state index contributed by atoms with van der Waals surface area (Å²) in [4.78, 5) is 2.91. The van der Waals surface area contributed by atoms with Crippen molar-refractivity contribution in [2.75, 3.05) is 32.6 Å². The summed E-state index contributed by atoms with van der Waals surface area (Å²) in [5, 5.41) is 17.8. The fourth-order valence-corrected chi connectivity index (χ4v) is 2.27. The summed E-state index contributed by atoms with van der Waals surface area (Å²) in [7, 11) is -0.945. The Kier molecular flexibility index (Phi) is 7.12. The summed E-state index contributed by atoms with van der Waals surface area (Å²) in [6.45, 7) is 2.37. The molecule has 0 spiro atoms. The molecule has 0 aliphatic carbocycles. The molecule has 0 fully saturated rings. The van der Waals surface area contributed by atoms with Crippen molar-refractivity contribution in [2.24, 2.45) is 0 Å². The second kappa shape index (κ2) is 8.37. The van der Waals surface area contributed by atoms with Crippen LogP contribution >= 0.6 is 0 Å². The zero-order valence-electron chi connectivity index (χ0n) is 10.7. The minimum atomic E-state index is -0.945. The van der Waals surface area contributed by atoms with Gasteiger partial charge in [0.1, 0.15) is 0 Å². The van der Waals surface area contributed by atoms with Crippen LogP contribution in [0.5, 0.6) is 0 Å². The molecule has 18 heavy (non-hydrogen) atoms. The van der Waals surface area contributed by atoms with Gasteiger partial charge in [-0.1, -0.05) is 12.1 Å². The smallest absolute Gasteiger partial charge is 0.0558 e. The molecule has 1 aromatic carbocycles. The van der Waals surface area contributed by atoms with Gasteiger partial charge < -0.3 is 10.2 Å². The molecule has 0 radical (unpaired) electrons. The third-order valence-corrected chi connectivity index (χ3v) is 3.65. The maximum Gasteiger partial charge on any atom is 0.0558 e. The highest BCUT2D eigenvalue weighted by molar-refractivity contribution is 7.84. The Morgan fingerprint density at radius 3 is 2.28 bits per heavy atom. The van der Waals surface area contributed by atoms with Crippen LogP contribution in [-0.2, 0) is 17.3 Å². The quantitative estimate of drug-likeness (QED) is 0.727. The Balaban J connectivity index is 2.59. The third kappa shape index (κ3) is 5.27. The highest BCUT2D eigenvalue weighted by atomic mass is 32.2. The van der Waals surface area contributed by atoms with Crippen LogP contribution in [0.1, 0.15) is 12.0 Å². The number of rotatable bonds is 8. The van der Waals surface area contributed by atoms with E-state index in [4.69, 9.17) is 10.2 Å². The SMILES string of the molecule is CS(=O)c1ccc(CN(CCO)CCCO)cc1. The molecule has 0 saturated carbocycles. The van der Waals surface area contributed by atoms with Crippen molar-refractivity contribution in [1.29, 1.82) is 0 Å². The van der Waals surface area contributed by atoms with Crippen LogP contribution in [0.15, 0.2) is 29.2 Å². The summed E-state index contributed by atoms with van der Waals surface area (Å²) in [5.41, 5.74) is 1.12. The topological polar surface area (TPSA) is 60.8 Å². The monoisotopic (exact) mass is 271 g/mol. The third-order valence-electron chi connectivity index (χ3n) is 2.71. The first-order valence-corrected chi connectivity index (χ1v) is 7.59. The molecule has 4 nitrogen and oxygen atoms in total. The Morgan fingerprint density at radius 1 is 1.11 bits per heavy atom. The molecule has 0 aliphatic heterocycles. The van der Waals surface area contributed by atoms with Crippen molar-refractivity contribution >= 4 is 10.8 Å². The molecule has 1 rings (SSSR count). The van der Waals surface area contributed by atoms with Gasteiger partial charge in [-0.15, -0.1) is 0 Å². The van der Waals surface area contributed by atoms with Crippen molar-refractivity contribution in [1.82, 2.24) is 4.90 Å². The van der Waals surface area contributed by atoms with Crippen molar-refractivity contribution in [2.45, 2.75) is 17.9 Å². The van der Waals surface area contributed by atoms with E-state index in [-0.39, 0.29) is 13.2 Å². The van der Waals surface area contributed by atoms with Gasteiger partial charge in [0, 0.05) is 48.2 Å². The van der Waals surface area contributed by atoms with Gasteiger partial charge in [0.25, 0.3) is 0 Å². The second-order valence-electron chi connectivity index (χ2n) is 4.17. The van der Waals surface area contributed by atoms with Crippen molar-refractivity contribution < 1.29 is 14.4 Å². The van der Waals surface area contributed by atoms with Gasteiger partial charge in [0.15, 0.2) is 0 Å². The minimum Gasteiger partial charge on any atom is -0.396 e. The zero-order valence-corrected chi connectivity index (χ0v) is 11.5. The van der Waals surface area contributed by atoms with E-state index < -0.39 is 10.8 Å². The first-order valence-electron chi connectivity index (χ1n) is 6.04. The van der Waals surface area contributed by atoms with Gasteiger partial charge in [-0.2, -0.15) is 0 Å². The predicted molar refractivity (Wildman–Crippen MR) is 72.8 cm³/mol. The summed E-state index contributed by atoms with van der Waals surface area (Å²) in [6, 6.07) is 7.66. The first-order chi connectivity index (χ1) is 8.67. The van der Waals surface area contributed by atoms with Crippen LogP contribution < -0.4 is 0 Å². The molecule has 0 bridgehead atoms. The summed E-state index contributed by atoms with van der Waals surface area (Å²) in [6.07, 6.45) is 2.37. The van der Waals surface area contributed by atoms with Gasteiger partial charge in [-0.25, -0.2) is 0 Å². The van der Waals surface area contributed by atoms with Crippen LogP contribution in [0, 0.1) is 0 Å². The van der Waals surface area contributed by atoms with Crippen LogP contribution in [0.4, 0.5) is 0 Å².